The SMILES string of the molecule is C#CCNc1ccc2c(c1)OC[C@H](C)NS2(=O)=O. The highest BCUT2D eigenvalue weighted by Crippen LogP contribution is 2.29. The fourth-order valence-electron chi connectivity index (χ4n) is 1.68. The van der Waals surface area contributed by atoms with E-state index in [0.717, 1.165) is 5.69 Å². The Bertz CT molecular complexity index is 590. The van der Waals surface area contributed by atoms with E-state index in [-0.39, 0.29) is 10.9 Å². The maximum absolute atomic E-state index is 12.0. The Kier molecular flexibility index (Phi) is 3.45. The molecule has 0 amide bonds. The Labute approximate surface area is 107 Å². The number of hydrogen-bond donors (Lipinski definition) is 2. The smallest absolute Gasteiger partial charge is 0.244 e. The van der Waals surface area contributed by atoms with Crippen LogP contribution in [0.1, 0.15) is 6.92 Å². The molecule has 1 atom stereocenters. The van der Waals surface area contributed by atoms with Gasteiger partial charge < -0.3 is 10.1 Å². The second-order valence-corrected chi connectivity index (χ2v) is 5.73. The van der Waals surface area contributed by atoms with Gasteiger partial charge in [0.15, 0.2) is 0 Å². The van der Waals surface area contributed by atoms with Crippen molar-refractivity contribution in [3.8, 4) is 18.1 Å². The Morgan fingerprint density at radius 3 is 3.11 bits per heavy atom. The summed E-state index contributed by atoms with van der Waals surface area (Å²) in [4.78, 5) is 0.151. The number of anilines is 1. The van der Waals surface area contributed by atoms with Gasteiger partial charge in [0.1, 0.15) is 17.3 Å². The lowest BCUT2D eigenvalue weighted by atomic mass is 10.3. The van der Waals surface area contributed by atoms with Crippen molar-refractivity contribution >= 4 is 15.7 Å². The maximum atomic E-state index is 12.0. The van der Waals surface area contributed by atoms with E-state index in [9.17, 15) is 8.42 Å². The molecule has 1 aliphatic heterocycles. The molecule has 2 N–H and O–H groups in total. The summed E-state index contributed by atoms with van der Waals surface area (Å²) in [6.45, 7) is 2.42. The third-order valence-corrected chi connectivity index (χ3v) is 4.10. The van der Waals surface area contributed by atoms with Gasteiger partial charge in [-0.15, -0.1) is 6.42 Å². The second-order valence-electron chi connectivity index (χ2n) is 4.05. The Hall–Kier alpha value is -1.71. The van der Waals surface area contributed by atoms with Crippen LogP contribution in [0, 0.1) is 12.3 Å². The van der Waals surface area contributed by atoms with E-state index in [1.165, 1.54) is 6.07 Å². The van der Waals surface area contributed by atoms with E-state index in [0.29, 0.717) is 18.9 Å². The Balaban J connectivity index is 2.39. The number of hydrogen-bond acceptors (Lipinski definition) is 4. The van der Waals surface area contributed by atoms with Crippen LogP contribution < -0.4 is 14.8 Å². The number of fused-ring (bicyclic) bond motifs is 1. The van der Waals surface area contributed by atoms with Gasteiger partial charge >= 0.3 is 0 Å². The summed E-state index contributed by atoms with van der Waals surface area (Å²) in [5, 5.41) is 2.97. The fourth-order valence-corrected chi connectivity index (χ4v) is 3.04. The Morgan fingerprint density at radius 2 is 2.39 bits per heavy atom. The van der Waals surface area contributed by atoms with Gasteiger partial charge in [0.05, 0.1) is 12.6 Å². The molecule has 96 valence electrons. The number of nitrogens with one attached hydrogen (secondary N) is 2. The van der Waals surface area contributed by atoms with Gasteiger partial charge in [0.2, 0.25) is 10.0 Å². The van der Waals surface area contributed by atoms with Crippen molar-refractivity contribution in [2.24, 2.45) is 0 Å². The quantitative estimate of drug-likeness (QED) is 0.777. The molecule has 5 nitrogen and oxygen atoms in total. The van der Waals surface area contributed by atoms with E-state index >= 15 is 0 Å². The van der Waals surface area contributed by atoms with Crippen LogP contribution in [-0.2, 0) is 10.0 Å². The first-order valence-corrected chi connectivity index (χ1v) is 6.98. The van der Waals surface area contributed by atoms with Crippen LogP contribution in [0.25, 0.3) is 0 Å². The van der Waals surface area contributed by atoms with Crippen LogP contribution in [0.5, 0.6) is 5.75 Å². The molecule has 0 saturated heterocycles. The molecule has 0 radical (unpaired) electrons. The van der Waals surface area contributed by atoms with Gasteiger partial charge in [0, 0.05) is 11.8 Å². The highest BCUT2D eigenvalue weighted by Gasteiger charge is 2.26. The van der Waals surface area contributed by atoms with Crippen molar-refractivity contribution in [3.63, 3.8) is 0 Å². The predicted molar refractivity (Wildman–Crippen MR) is 69.0 cm³/mol. The fraction of sp³-hybridized carbons (Fsp3) is 0.333. The molecule has 6 heteroatoms. The summed E-state index contributed by atoms with van der Waals surface area (Å²) < 4.78 is 32.0. The minimum atomic E-state index is -3.51. The molecule has 0 saturated carbocycles. The third kappa shape index (κ3) is 2.58. The monoisotopic (exact) mass is 266 g/mol. The molecule has 0 aliphatic carbocycles. The minimum absolute atomic E-state index is 0.151. The summed E-state index contributed by atoms with van der Waals surface area (Å²) in [6.07, 6.45) is 5.15. The zero-order valence-electron chi connectivity index (χ0n) is 9.93. The van der Waals surface area contributed by atoms with E-state index < -0.39 is 10.0 Å². The molecular weight excluding hydrogens is 252 g/mol. The van der Waals surface area contributed by atoms with Crippen LogP contribution in [0.2, 0.25) is 0 Å². The van der Waals surface area contributed by atoms with Crippen molar-refractivity contribution in [1.29, 1.82) is 0 Å². The van der Waals surface area contributed by atoms with Crippen molar-refractivity contribution in [2.45, 2.75) is 17.9 Å². The first-order valence-electron chi connectivity index (χ1n) is 5.49. The molecule has 0 unspecified atom stereocenters. The summed E-state index contributed by atoms with van der Waals surface area (Å²) in [5.41, 5.74) is 0.733. The van der Waals surface area contributed by atoms with Crippen molar-refractivity contribution < 1.29 is 13.2 Å². The predicted octanol–water partition coefficient (Wildman–Crippen LogP) is 0.791. The molecule has 18 heavy (non-hydrogen) atoms. The van der Waals surface area contributed by atoms with Crippen LogP contribution in [0.15, 0.2) is 23.1 Å². The highest BCUT2D eigenvalue weighted by molar-refractivity contribution is 7.89. The van der Waals surface area contributed by atoms with Crippen molar-refractivity contribution in [1.82, 2.24) is 4.72 Å². The average Bonchev–Trinajstić information content (AvgIpc) is 2.43. The van der Waals surface area contributed by atoms with Crippen molar-refractivity contribution in [3.05, 3.63) is 18.2 Å². The summed E-state index contributed by atoms with van der Waals surface area (Å²) in [5.74, 6) is 2.79. The normalized spacial score (nSPS) is 21.0. The lowest BCUT2D eigenvalue weighted by Gasteiger charge is -2.09. The molecule has 1 aliphatic rings. The molecule has 1 aromatic carbocycles. The van der Waals surface area contributed by atoms with Gasteiger partial charge in [0.25, 0.3) is 0 Å². The minimum Gasteiger partial charge on any atom is -0.490 e. The first-order chi connectivity index (χ1) is 8.53. The van der Waals surface area contributed by atoms with Crippen LogP contribution in [0.4, 0.5) is 5.69 Å². The van der Waals surface area contributed by atoms with Gasteiger partial charge in [-0.3, -0.25) is 0 Å². The van der Waals surface area contributed by atoms with E-state index in [1.807, 2.05) is 0 Å². The van der Waals surface area contributed by atoms with Crippen LogP contribution in [0.3, 0.4) is 0 Å². The topological polar surface area (TPSA) is 67.4 Å². The Morgan fingerprint density at radius 1 is 1.61 bits per heavy atom. The number of rotatable bonds is 2. The van der Waals surface area contributed by atoms with Crippen LogP contribution in [-0.4, -0.2) is 27.6 Å². The molecule has 1 heterocycles. The zero-order valence-corrected chi connectivity index (χ0v) is 10.8. The molecule has 2 rings (SSSR count). The second kappa shape index (κ2) is 4.88. The lowest BCUT2D eigenvalue weighted by molar-refractivity contribution is 0.288. The van der Waals surface area contributed by atoms with Crippen molar-refractivity contribution in [2.75, 3.05) is 18.5 Å². The number of benzene rings is 1. The third-order valence-electron chi connectivity index (χ3n) is 2.47. The summed E-state index contributed by atoms with van der Waals surface area (Å²) in [6, 6.07) is 4.55. The summed E-state index contributed by atoms with van der Waals surface area (Å²) in [7, 11) is -3.51. The maximum Gasteiger partial charge on any atom is 0.244 e. The molecule has 1 aromatic rings. The lowest BCUT2D eigenvalue weighted by Crippen LogP contribution is -2.33. The summed E-state index contributed by atoms with van der Waals surface area (Å²) >= 11 is 0. The largest absolute Gasteiger partial charge is 0.490 e. The van der Waals surface area contributed by atoms with E-state index in [2.05, 4.69) is 16.0 Å². The van der Waals surface area contributed by atoms with Crippen LogP contribution >= 0.6 is 0 Å². The van der Waals surface area contributed by atoms with E-state index in [1.54, 1.807) is 19.1 Å². The molecule has 0 spiro atoms. The van der Waals surface area contributed by atoms with E-state index in [4.69, 9.17) is 11.2 Å². The molecule has 0 aromatic heterocycles. The van der Waals surface area contributed by atoms with Gasteiger partial charge in [-0.1, -0.05) is 5.92 Å². The average molecular weight is 266 g/mol. The standard InChI is InChI=1S/C12H14N2O3S/c1-3-6-13-10-4-5-12-11(7-10)17-8-9(2)14-18(12,15)16/h1,4-5,7,9,13-14H,6,8H2,2H3/t9-/m0/s1. The highest BCUT2D eigenvalue weighted by atomic mass is 32.2. The number of sulfonamides is 1. The molecular formula is C12H14N2O3S. The van der Waals surface area contributed by atoms with Gasteiger partial charge in [-0.05, 0) is 19.1 Å². The number of ether oxygens (including phenoxy) is 1. The first kappa shape index (κ1) is 12.7. The molecule has 0 fully saturated rings. The zero-order chi connectivity index (χ0) is 13.2. The number of terminal acetylenes is 1. The molecule has 0 bridgehead atoms. The van der Waals surface area contributed by atoms with Gasteiger partial charge in [-0.25, -0.2) is 13.1 Å². The van der Waals surface area contributed by atoms with Gasteiger partial charge in [-0.2, -0.15) is 0 Å².